The van der Waals surface area contributed by atoms with Crippen LogP contribution in [0.4, 0.5) is 8.78 Å². The van der Waals surface area contributed by atoms with E-state index in [1.54, 1.807) is 18.2 Å². The van der Waals surface area contributed by atoms with Crippen LogP contribution in [0.5, 0.6) is 0 Å². The fraction of sp³-hybridized carbons (Fsp3) is 0.250. The molecule has 1 aliphatic carbocycles. The largest absolute Gasteiger partial charge is 0.348 e. The number of nitrogens with zero attached hydrogens (tertiary/aromatic N) is 5. The molecule has 0 bridgehead atoms. The van der Waals surface area contributed by atoms with Crippen LogP contribution < -0.4 is 16.6 Å². The number of fused-ring (bicyclic) bond motifs is 2. The van der Waals surface area contributed by atoms with Gasteiger partial charge in [0.2, 0.25) is 0 Å². The first-order valence-electron chi connectivity index (χ1n) is 16.3. The van der Waals surface area contributed by atoms with Gasteiger partial charge in [0.25, 0.3) is 21.6 Å². The van der Waals surface area contributed by atoms with Gasteiger partial charge < -0.3 is 9.72 Å². The Morgan fingerprint density at radius 1 is 0.941 bits per heavy atom. The van der Waals surface area contributed by atoms with Crippen LogP contribution in [0.2, 0.25) is 0 Å². The Morgan fingerprint density at radius 3 is 2.45 bits per heavy atom. The minimum Gasteiger partial charge on any atom is -0.348 e. The van der Waals surface area contributed by atoms with E-state index >= 15 is 0 Å². The maximum absolute atomic E-state index is 14.5. The number of hydrogen-bond acceptors (Lipinski definition) is 8. The van der Waals surface area contributed by atoms with Gasteiger partial charge in [-0.15, -0.1) is 0 Å². The molecule has 4 heterocycles. The third-order valence-electron chi connectivity index (χ3n) is 9.02. The zero-order valence-corrected chi connectivity index (χ0v) is 28.1. The van der Waals surface area contributed by atoms with Crippen LogP contribution in [0, 0.1) is 11.6 Å². The highest BCUT2D eigenvalue weighted by atomic mass is 32.2. The van der Waals surface area contributed by atoms with Crippen molar-refractivity contribution in [3.8, 4) is 16.8 Å². The smallest absolute Gasteiger partial charge is 0.337 e. The second-order valence-electron chi connectivity index (χ2n) is 12.6. The molecule has 0 atom stereocenters. The van der Waals surface area contributed by atoms with E-state index < -0.39 is 45.0 Å². The summed E-state index contributed by atoms with van der Waals surface area (Å²) in [7, 11) is -3.53. The lowest BCUT2D eigenvalue weighted by molar-refractivity contribution is 0.0917. The molecule has 51 heavy (non-hydrogen) atoms. The van der Waals surface area contributed by atoms with Crippen molar-refractivity contribution in [2.45, 2.75) is 44.2 Å². The molecule has 6 aromatic rings. The van der Waals surface area contributed by atoms with Crippen molar-refractivity contribution in [2.24, 2.45) is 0 Å². The Kier molecular flexibility index (Phi) is 9.08. The molecule has 15 heteroatoms. The Labute approximate surface area is 290 Å². The van der Waals surface area contributed by atoms with Gasteiger partial charge in [-0.25, -0.2) is 28.1 Å². The maximum atomic E-state index is 14.5. The van der Waals surface area contributed by atoms with Crippen molar-refractivity contribution in [1.29, 1.82) is 0 Å². The molecule has 1 fully saturated rings. The van der Waals surface area contributed by atoms with Crippen LogP contribution in [-0.2, 0) is 20.7 Å². The van der Waals surface area contributed by atoms with E-state index in [4.69, 9.17) is 4.18 Å². The van der Waals surface area contributed by atoms with Gasteiger partial charge in [-0.1, -0.05) is 36.4 Å². The standard InChI is InChI=1S/C36H32F2N6O6S/c1-51(48,49)50-16-15-22-5-7-23(8-6-22)24-3-2-4-29(17-24)43-33-30(18-26(38)19-39-33)35(46)44(36(43)47)28-12-10-27(11-13-28)40-34(45)31-21-42-20-25(37)9-14-32(42)41-31/h2-9,14,17-21,27-28H,10-13,15-16H2,1H3,(H,40,45)/t27-,28+. The fourth-order valence-electron chi connectivity index (χ4n) is 6.55. The average molecular weight is 715 g/mol. The molecular weight excluding hydrogens is 682 g/mol. The minimum absolute atomic E-state index is 0.0225. The van der Waals surface area contributed by atoms with E-state index in [0.717, 1.165) is 39.8 Å². The number of pyridine rings is 2. The molecule has 1 N–H and O–H groups in total. The molecule has 1 amide bonds. The van der Waals surface area contributed by atoms with Gasteiger partial charge in [0.05, 0.1) is 30.1 Å². The highest BCUT2D eigenvalue weighted by Crippen LogP contribution is 2.29. The van der Waals surface area contributed by atoms with Crippen LogP contribution in [0.25, 0.3) is 33.5 Å². The molecule has 0 unspecified atom stereocenters. The summed E-state index contributed by atoms with van der Waals surface area (Å²) in [6.45, 7) is 0.0233. The van der Waals surface area contributed by atoms with E-state index in [-0.39, 0.29) is 29.4 Å². The first-order valence-corrected chi connectivity index (χ1v) is 18.1. The molecule has 12 nitrogen and oxygen atoms in total. The second kappa shape index (κ2) is 13.6. The summed E-state index contributed by atoms with van der Waals surface area (Å²) in [6.07, 6.45) is 6.78. The van der Waals surface area contributed by atoms with E-state index in [9.17, 15) is 31.6 Å². The zero-order chi connectivity index (χ0) is 35.9. The fourth-order valence-corrected chi connectivity index (χ4v) is 6.93. The Hall–Kier alpha value is -5.54. The van der Waals surface area contributed by atoms with Gasteiger partial charge >= 0.3 is 5.69 Å². The van der Waals surface area contributed by atoms with E-state index in [1.807, 2.05) is 30.3 Å². The number of benzene rings is 2. The second-order valence-corrected chi connectivity index (χ2v) is 14.2. The molecule has 2 aromatic carbocycles. The lowest BCUT2D eigenvalue weighted by atomic mass is 9.90. The van der Waals surface area contributed by atoms with Gasteiger partial charge in [0.15, 0.2) is 5.65 Å². The predicted octanol–water partition coefficient (Wildman–Crippen LogP) is 4.57. The van der Waals surface area contributed by atoms with Crippen LogP contribution in [0.3, 0.4) is 0 Å². The zero-order valence-electron chi connectivity index (χ0n) is 27.3. The monoisotopic (exact) mass is 714 g/mol. The molecule has 0 aliphatic heterocycles. The number of rotatable bonds is 9. The van der Waals surface area contributed by atoms with Crippen LogP contribution in [0.1, 0.15) is 47.8 Å². The summed E-state index contributed by atoms with van der Waals surface area (Å²) in [4.78, 5) is 49.4. The number of halogens is 2. The van der Waals surface area contributed by atoms with Gasteiger partial charge in [-0.05, 0) is 79.1 Å². The molecular formula is C36H32F2N6O6S. The first kappa shape index (κ1) is 33.9. The van der Waals surface area contributed by atoms with E-state index in [0.29, 0.717) is 43.4 Å². The van der Waals surface area contributed by atoms with E-state index in [2.05, 4.69) is 15.3 Å². The quantitative estimate of drug-likeness (QED) is 0.215. The van der Waals surface area contributed by atoms with Crippen molar-refractivity contribution in [3.05, 3.63) is 129 Å². The van der Waals surface area contributed by atoms with Crippen molar-refractivity contribution in [3.63, 3.8) is 0 Å². The van der Waals surface area contributed by atoms with Gasteiger partial charge in [-0.2, -0.15) is 8.42 Å². The number of hydrogen-bond donors (Lipinski definition) is 1. The number of carbonyl (C=O) groups is 1. The third kappa shape index (κ3) is 7.21. The van der Waals surface area contributed by atoms with Gasteiger partial charge in [0.1, 0.15) is 23.0 Å². The lowest BCUT2D eigenvalue weighted by Gasteiger charge is -2.30. The van der Waals surface area contributed by atoms with Crippen LogP contribution >= 0.6 is 0 Å². The first-order chi connectivity index (χ1) is 24.4. The van der Waals surface area contributed by atoms with Crippen molar-refractivity contribution < 1.29 is 26.2 Å². The molecule has 0 saturated heterocycles. The summed E-state index contributed by atoms with van der Waals surface area (Å²) < 4.78 is 59.4. The van der Waals surface area contributed by atoms with E-state index in [1.165, 1.54) is 33.5 Å². The highest BCUT2D eigenvalue weighted by Gasteiger charge is 2.28. The summed E-state index contributed by atoms with van der Waals surface area (Å²) in [5.74, 6) is -1.58. The molecule has 1 saturated carbocycles. The Balaban J connectivity index is 1.14. The van der Waals surface area contributed by atoms with Gasteiger partial charge in [-0.3, -0.25) is 18.3 Å². The SMILES string of the molecule is CS(=O)(=O)OCCc1ccc(-c2cccc(-n3c(=O)n([C@H]4CC[C@@H](NC(=O)c5cn6cc(F)ccc6n5)CC4)c(=O)c4cc(F)cnc43)c2)cc1. The van der Waals surface area contributed by atoms with Crippen molar-refractivity contribution in [2.75, 3.05) is 12.9 Å². The lowest BCUT2D eigenvalue weighted by Crippen LogP contribution is -2.45. The number of imidazole rings is 1. The number of nitrogens with one attached hydrogen (secondary N) is 1. The normalized spacial score (nSPS) is 16.5. The Morgan fingerprint density at radius 2 is 1.71 bits per heavy atom. The van der Waals surface area contributed by atoms with Crippen LogP contribution in [0.15, 0.2) is 94.9 Å². The molecule has 262 valence electrons. The predicted molar refractivity (Wildman–Crippen MR) is 185 cm³/mol. The molecule has 1 aliphatic rings. The van der Waals surface area contributed by atoms with Gasteiger partial charge in [0, 0.05) is 24.5 Å². The summed E-state index contributed by atoms with van der Waals surface area (Å²) in [5, 5.41) is 2.92. The van der Waals surface area contributed by atoms with Crippen LogP contribution in [-0.4, -0.2) is 56.7 Å². The molecule has 0 spiro atoms. The summed E-state index contributed by atoms with van der Waals surface area (Å²) in [6, 6.07) is 17.6. The minimum atomic E-state index is -3.53. The van der Waals surface area contributed by atoms with Crippen molar-refractivity contribution >= 4 is 32.7 Å². The number of amides is 1. The number of aromatic nitrogens is 5. The maximum Gasteiger partial charge on any atom is 0.337 e. The average Bonchev–Trinajstić information content (AvgIpc) is 3.53. The molecule has 4 aromatic heterocycles. The molecule has 7 rings (SSSR count). The summed E-state index contributed by atoms with van der Waals surface area (Å²) >= 11 is 0. The summed E-state index contributed by atoms with van der Waals surface area (Å²) in [5.41, 5.74) is 2.22. The molecule has 0 radical (unpaired) electrons. The highest BCUT2D eigenvalue weighted by molar-refractivity contribution is 7.85. The number of carbonyl (C=O) groups excluding carboxylic acids is 1. The topological polar surface area (TPSA) is 147 Å². The Bertz CT molecular complexity index is 2520. The van der Waals surface area contributed by atoms with Crippen molar-refractivity contribution in [1.82, 2.24) is 28.8 Å². The third-order valence-corrected chi connectivity index (χ3v) is 9.61.